The third-order valence-corrected chi connectivity index (χ3v) is 8.87. The van der Waals surface area contributed by atoms with Gasteiger partial charge in [-0.15, -0.1) is 0 Å². The highest BCUT2D eigenvalue weighted by molar-refractivity contribution is 6.38. The Morgan fingerprint density at radius 1 is 0.647 bits per heavy atom. The Kier molecular flexibility index (Phi) is 13.3. The second kappa shape index (κ2) is 17.8. The van der Waals surface area contributed by atoms with Gasteiger partial charge in [0.1, 0.15) is 5.78 Å². The topological polar surface area (TPSA) is 152 Å². The van der Waals surface area contributed by atoms with Crippen LogP contribution in [0.1, 0.15) is 50.3 Å². The van der Waals surface area contributed by atoms with Crippen molar-refractivity contribution in [3.63, 3.8) is 0 Å². The van der Waals surface area contributed by atoms with Gasteiger partial charge in [0.2, 0.25) is 17.6 Å². The summed E-state index contributed by atoms with van der Waals surface area (Å²) in [5, 5.41) is 5.19. The van der Waals surface area contributed by atoms with Gasteiger partial charge in [-0.1, -0.05) is 129 Å². The first kappa shape index (κ1) is 38.1. The Morgan fingerprint density at radius 2 is 1.16 bits per heavy atom. The lowest BCUT2D eigenvalue weighted by Crippen LogP contribution is -2.52. The minimum Gasteiger partial charge on any atom is -0.369 e. The molecule has 0 saturated carbocycles. The van der Waals surface area contributed by atoms with E-state index in [2.05, 4.69) is 10.6 Å². The van der Waals surface area contributed by atoms with E-state index in [-0.39, 0.29) is 37.9 Å². The summed E-state index contributed by atoms with van der Waals surface area (Å²) in [4.78, 5) is 78.8. The molecule has 4 rings (SSSR count). The fourth-order valence-electron chi connectivity index (χ4n) is 5.74. The van der Waals surface area contributed by atoms with Crippen LogP contribution in [0.4, 0.5) is 0 Å². The number of ketones is 3. The first-order valence-corrected chi connectivity index (χ1v) is 17.0. The summed E-state index contributed by atoms with van der Waals surface area (Å²) in [5.74, 6) is -4.61. The number of benzene rings is 4. The number of amides is 3. The molecule has 4 N–H and O–H groups in total. The fraction of sp³-hybridized carbons (Fsp3) is 0.286. The van der Waals surface area contributed by atoms with Gasteiger partial charge < -0.3 is 16.4 Å². The molecular formula is C42H45N3O6. The van der Waals surface area contributed by atoms with Gasteiger partial charge in [-0.3, -0.25) is 28.8 Å². The van der Waals surface area contributed by atoms with E-state index in [0.29, 0.717) is 0 Å². The van der Waals surface area contributed by atoms with Crippen LogP contribution in [-0.4, -0.2) is 47.2 Å². The molecule has 0 aliphatic heterocycles. The van der Waals surface area contributed by atoms with Crippen molar-refractivity contribution in [1.29, 1.82) is 0 Å². The van der Waals surface area contributed by atoms with Crippen LogP contribution in [0.5, 0.6) is 0 Å². The maximum Gasteiger partial charge on any atom is 0.290 e. The number of nitrogens with two attached hydrogens (primary N) is 1. The smallest absolute Gasteiger partial charge is 0.290 e. The molecule has 4 aromatic carbocycles. The second-order valence-corrected chi connectivity index (χ2v) is 13.6. The highest BCUT2D eigenvalue weighted by Gasteiger charge is 2.34. The van der Waals surface area contributed by atoms with Crippen LogP contribution in [0, 0.1) is 11.3 Å². The Bertz CT molecular complexity index is 1820. The molecular weight excluding hydrogens is 642 g/mol. The zero-order chi connectivity index (χ0) is 37.0. The monoisotopic (exact) mass is 687 g/mol. The predicted molar refractivity (Wildman–Crippen MR) is 196 cm³/mol. The van der Waals surface area contributed by atoms with Gasteiger partial charge in [0.05, 0.1) is 17.5 Å². The number of hydrogen-bond donors (Lipinski definition) is 3. The molecule has 0 heterocycles. The molecule has 3 atom stereocenters. The molecule has 0 saturated heterocycles. The molecule has 9 nitrogen and oxygen atoms in total. The quantitative estimate of drug-likeness (QED) is 0.125. The van der Waals surface area contributed by atoms with Crippen LogP contribution in [0.3, 0.4) is 0 Å². The molecule has 0 aliphatic rings. The van der Waals surface area contributed by atoms with Crippen molar-refractivity contribution in [3.8, 4) is 11.1 Å². The number of carbonyl (C=O) groups excluding carboxylic acids is 6. The van der Waals surface area contributed by atoms with Gasteiger partial charge in [-0.2, -0.15) is 0 Å². The van der Waals surface area contributed by atoms with E-state index in [1.807, 2.05) is 115 Å². The number of nitrogens with one attached hydrogen (secondary N) is 2. The van der Waals surface area contributed by atoms with Crippen LogP contribution in [0.25, 0.3) is 11.1 Å². The third-order valence-electron chi connectivity index (χ3n) is 8.87. The van der Waals surface area contributed by atoms with Crippen LogP contribution in [0.15, 0.2) is 115 Å². The molecule has 1 unspecified atom stereocenters. The normalized spacial score (nSPS) is 12.9. The van der Waals surface area contributed by atoms with Gasteiger partial charge in [0, 0.05) is 25.2 Å². The summed E-state index contributed by atoms with van der Waals surface area (Å²) < 4.78 is 0. The molecule has 264 valence electrons. The predicted octanol–water partition coefficient (Wildman–Crippen LogP) is 4.99. The van der Waals surface area contributed by atoms with Crippen LogP contribution in [-0.2, 0) is 48.0 Å². The highest BCUT2D eigenvalue weighted by atomic mass is 16.2. The summed E-state index contributed by atoms with van der Waals surface area (Å²) in [7, 11) is 0. The van der Waals surface area contributed by atoms with E-state index in [1.54, 1.807) is 13.8 Å². The molecule has 51 heavy (non-hydrogen) atoms. The Morgan fingerprint density at radius 3 is 1.73 bits per heavy atom. The van der Waals surface area contributed by atoms with E-state index in [4.69, 9.17) is 5.73 Å². The lowest BCUT2D eigenvalue weighted by molar-refractivity contribution is -0.141. The molecule has 3 amide bonds. The maximum absolute atomic E-state index is 13.5. The van der Waals surface area contributed by atoms with Gasteiger partial charge in [-0.25, -0.2) is 0 Å². The zero-order valence-electron chi connectivity index (χ0n) is 29.3. The second-order valence-electron chi connectivity index (χ2n) is 13.6. The molecule has 0 aliphatic carbocycles. The summed E-state index contributed by atoms with van der Waals surface area (Å²) in [6.07, 6.45) is 0.167. The molecule has 0 fully saturated rings. The standard InChI is InChI=1S/C42H45N3O6/c1-28(44-39(49)34(23-29-13-7-4-8-14-29)26-35(46)24-30-15-9-5-10-16-30)38(48)40(50)45-36(37(47)27-42(2,3)41(43)51)25-31-19-21-33(22-20-31)32-17-11-6-12-18-32/h4-22,28,34,36H,23-27H2,1-3H3,(H2,43,51)(H,44,49)(H,45,50)/t28?,34-,36+/m1/s1. The van der Waals surface area contributed by atoms with E-state index >= 15 is 0 Å². The van der Waals surface area contributed by atoms with Crippen LogP contribution in [0.2, 0.25) is 0 Å². The Hall–Kier alpha value is -5.70. The molecule has 9 heteroatoms. The summed E-state index contributed by atoms with van der Waals surface area (Å²) in [5.41, 5.74) is 8.72. The Labute approximate surface area is 299 Å². The lowest BCUT2D eigenvalue weighted by Gasteiger charge is -2.25. The molecule has 4 aromatic rings. The van der Waals surface area contributed by atoms with Crippen molar-refractivity contribution in [2.45, 2.75) is 65.0 Å². The molecule has 0 radical (unpaired) electrons. The molecule has 0 bridgehead atoms. The average Bonchev–Trinajstić information content (AvgIpc) is 3.12. The summed E-state index contributed by atoms with van der Waals surface area (Å²) in [6.45, 7) is 4.47. The SMILES string of the molecule is CC(NC(=O)[C@@H](CC(=O)Cc1ccccc1)Cc1ccccc1)C(=O)C(=O)N[C@@H](Cc1ccc(-c2ccccc2)cc1)C(=O)CC(C)(C)C(N)=O. The van der Waals surface area contributed by atoms with Gasteiger partial charge in [0.15, 0.2) is 5.78 Å². The van der Waals surface area contributed by atoms with Crippen molar-refractivity contribution in [1.82, 2.24) is 10.6 Å². The highest BCUT2D eigenvalue weighted by Crippen LogP contribution is 2.23. The fourth-order valence-corrected chi connectivity index (χ4v) is 5.74. The first-order valence-electron chi connectivity index (χ1n) is 17.0. The van der Waals surface area contributed by atoms with Crippen molar-refractivity contribution >= 4 is 35.1 Å². The molecule has 0 spiro atoms. The number of rotatable bonds is 18. The van der Waals surface area contributed by atoms with E-state index in [1.165, 1.54) is 6.92 Å². The van der Waals surface area contributed by atoms with Gasteiger partial charge in [0.25, 0.3) is 5.91 Å². The number of carbonyl (C=O) groups is 6. The van der Waals surface area contributed by atoms with Gasteiger partial charge >= 0.3 is 0 Å². The van der Waals surface area contributed by atoms with Crippen LogP contribution < -0.4 is 16.4 Å². The first-order chi connectivity index (χ1) is 24.3. The van der Waals surface area contributed by atoms with E-state index in [0.717, 1.165) is 27.8 Å². The number of primary amides is 1. The zero-order valence-corrected chi connectivity index (χ0v) is 29.3. The minimum atomic E-state index is -1.25. The summed E-state index contributed by atoms with van der Waals surface area (Å²) >= 11 is 0. The minimum absolute atomic E-state index is 0.0575. The van der Waals surface area contributed by atoms with Gasteiger partial charge in [-0.05, 0) is 47.6 Å². The lowest BCUT2D eigenvalue weighted by atomic mass is 9.83. The largest absolute Gasteiger partial charge is 0.369 e. The van der Waals surface area contributed by atoms with Crippen molar-refractivity contribution < 1.29 is 28.8 Å². The van der Waals surface area contributed by atoms with Crippen molar-refractivity contribution in [3.05, 3.63) is 132 Å². The number of Topliss-reactive ketones (excluding diaryl/α,β-unsaturated/α-hetero) is 3. The van der Waals surface area contributed by atoms with Crippen molar-refractivity contribution in [2.24, 2.45) is 17.1 Å². The third kappa shape index (κ3) is 11.4. The molecule has 0 aromatic heterocycles. The average molecular weight is 688 g/mol. The summed E-state index contributed by atoms with van der Waals surface area (Å²) in [6, 6.07) is 33.3. The van der Waals surface area contributed by atoms with E-state index in [9.17, 15) is 28.8 Å². The van der Waals surface area contributed by atoms with Crippen molar-refractivity contribution in [2.75, 3.05) is 0 Å². The number of hydrogen-bond acceptors (Lipinski definition) is 6. The van der Waals surface area contributed by atoms with Crippen LogP contribution >= 0.6 is 0 Å². The van der Waals surface area contributed by atoms with E-state index < -0.39 is 52.7 Å². The Balaban J connectivity index is 1.46. The maximum atomic E-state index is 13.5.